The van der Waals surface area contributed by atoms with Gasteiger partial charge in [0.05, 0.1) is 18.1 Å². The maximum Gasteiger partial charge on any atom is 0.296 e. The van der Waals surface area contributed by atoms with E-state index in [9.17, 15) is 14.9 Å². The second-order valence-electron chi connectivity index (χ2n) is 6.45. The van der Waals surface area contributed by atoms with Crippen LogP contribution in [0.15, 0.2) is 18.2 Å². The quantitative estimate of drug-likeness (QED) is 0.0975. The van der Waals surface area contributed by atoms with Crippen LogP contribution < -0.4 is 20.7 Å². The fraction of sp³-hybridized carbons (Fsp3) is 0.556. The Bertz CT molecular complexity index is 747. The molecule has 1 amide bonds. The minimum Gasteiger partial charge on any atom is -0.496 e. The van der Waals surface area contributed by atoms with Gasteiger partial charge in [0.25, 0.3) is 5.69 Å². The van der Waals surface area contributed by atoms with Crippen molar-refractivity contribution in [3.8, 4) is 5.75 Å². The Kier molecular flexibility index (Phi) is 11.5. The lowest BCUT2D eigenvalue weighted by Gasteiger charge is -2.27. The molecule has 12 heteroatoms. The molecule has 1 rings (SSSR count). The molecule has 0 fully saturated rings. The number of methoxy groups -OCH3 is 1. The number of benzene rings is 1. The Morgan fingerprint density at radius 1 is 1.23 bits per heavy atom. The van der Waals surface area contributed by atoms with Gasteiger partial charge in [-0.05, 0) is 30.8 Å². The molecule has 0 bridgehead atoms. The van der Waals surface area contributed by atoms with Crippen LogP contribution in [0, 0.1) is 10.1 Å². The molecule has 1 aromatic carbocycles. The van der Waals surface area contributed by atoms with E-state index in [1.165, 1.54) is 25.3 Å². The molecule has 8 nitrogen and oxygen atoms in total. The number of hydrogen-bond donors (Lipinski definition) is 3. The molecule has 0 aliphatic carbocycles. The molecule has 0 spiro atoms. The third-order valence-electron chi connectivity index (χ3n) is 4.07. The van der Waals surface area contributed by atoms with Gasteiger partial charge in [0.1, 0.15) is 17.6 Å². The zero-order chi connectivity index (χ0) is 22.7. The SMILES string of the molecule is CCCCCCCC(=O)NC(NC(=S)Nc1ccc(OC)cc1[N+](=O)[O-])C(Cl)(Cl)Cl. The number of unbranched alkanes of at least 4 members (excludes halogenated alkanes) is 4. The van der Waals surface area contributed by atoms with Crippen LogP contribution in [-0.4, -0.2) is 33.0 Å². The predicted octanol–water partition coefficient (Wildman–Crippen LogP) is 5.06. The monoisotopic (exact) mass is 498 g/mol. The minimum absolute atomic E-state index is 0.0668. The van der Waals surface area contributed by atoms with Crippen LogP contribution in [0.4, 0.5) is 11.4 Å². The number of halogens is 3. The molecule has 168 valence electrons. The Morgan fingerprint density at radius 3 is 2.47 bits per heavy atom. The lowest BCUT2D eigenvalue weighted by Crippen LogP contribution is -2.56. The van der Waals surface area contributed by atoms with Crippen LogP contribution in [0.2, 0.25) is 0 Å². The van der Waals surface area contributed by atoms with E-state index >= 15 is 0 Å². The fourth-order valence-electron chi connectivity index (χ4n) is 2.51. The van der Waals surface area contributed by atoms with Gasteiger partial charge in [0.15, 0.2) is 5.11 Å². The standard InChI is InChI=1S/C18H25Cl3N4O4S/c1-3-4-5-6-7-8-15(26)23-16(18(19,20)21)24-17(30)22-13-10-9-12(29-2)11-14(13)25(27)28/h9-11,16H,3-8H2,1-2H3,(H,23,26)(H2,22,24,30). The second-order valence-corrected chi connectivity index (χ2v) is 9.22. The highest BCUT2D eigenvalue weighted by Gasteiger charge is 2.34. The Hall–Kier alpha value is -1.55. The van der Waals surface area contributed by atoms with Gasteiger partial charge in [0, 0.05) is 6.42 Å². The molecule has 1 atom stereocenters. The third kappa shape index (κ3) is 9.51. The summed E-state index contributed by atoms with van der Waals surface area (Å²) in [5.41, 5.74) is -0.135. The molecule has 0 saturated heterocycles. The van der Waals surface area contributed by atoms with Crippen molar-refractivity contribution in [1.82, 2.24) is 10.6 Å². The van der Waals surface area contributed by atoms with Gasteiger partial charge >= 0.3 is 0 Å². The second kappa shape index (κ2) is 13.0. The van der Waals surface area contributed by atoms with E-state index in [2.05, 4.69) is 22.9 Å². The van der Waals surface area contributed by atoms with Crippen molar-refractivity contribution in [3.05, 3.63) is 28.3 Å². The lowest BCUT2D eigenvalue weighted by atomic mass is 10.1. The molecule has 30 heavy (non-hydrogen) atoms. The lowest BCUT2D eigenvalue weighted by molar-refractivity contribution is -0.384. The van der Waals surface area contributed by atoms with Gasteiger partial charge < -0.3 is 20.7 Å². The highest BCUT2D eigenvalue weighted by atomic mass is 35.6. The highest BCUT2D eigenvalue weighted by molar-refractivity contribution is 7.80. The number of carbonyl (C=O) groups excluding carboxylic acids is 1. The van der Waals surface area contributed by atoms with E-state index in [0.717, 1.165) is 32.1 Å². The molecule has 1 aromatic rings. The zero-order valence-corrected chi connectivity index (χ0v) is 19.8. The molecular weight excluding hydrogens is 475 g/mol. The van der Waals surface area contributed by atoms with Gasteiger partial charge in [-0.1, -0.05) is 67.4 Å². The fourth-order valence-corrected chi connectivity index (χ4v) is 3.06. The summed E-state index contributed by atoms with van der Waals surface area (Å²) in [6.07, 6.45) is 4.10. The molecule has 0 aliphatic heterocycles. The molecule has 0 aromatic heterocycles. The number of rotatable bonds is 11. The maximum absolute atomic E-state index is 12.2. The number of carbonyl (C=O) groups is 1. The number of amides is 1. The van der Waals surface area contributed by atoms with Crippen molar-refractivity contribution in [3.63, 3.8) is 0 Å². The molecule has 0 radical (unpaired) electrons. The van der Waals surface area contributed by atoms with Gasteiger partial charge in [-0.25, -0.2) is 0 Å². The van der Waals surface area contributed by atoms with E-state index in [1.807, 2.05) is 0 Å². The number of anilines is 1. The molecule has 0 saturated carbocycles. The molecule has 3 N–H and O–H groups in total. The van der Waals surface area contributed by atoms with Crippen LogP contribution in [-0.2, 0) is 4.79 Å². The number of nitro benzene ring substituents is 1. The van der Waals surface area contributed by atoms with E-state index in [0.29, 0.717) is 5.75 Å². The summed E-state index contributed by atoms with van der Waals surface area (Å²) >= 11 is 23.0. The van der Waals surface area contributed by atoms with Crippen molar-refractivity contribution in [2.24, 2.45) is 0 Å². The highest BCUT2D eigenvalue weighted by Crippen LogP contribution is 2.31. The van der Waals surface area contributed by atoms with Crippen molar-refractivity contribution in [2.75, 3.05) is 12.4 Å². The summed E-state index contributed by atoms with van der Waals surface area (Å²) in [5.74, 6) is 0.0186. The largest absolute Gasteiger partial charge is 0.496 e. The number of hydrogen-bond acceptors (Lipinski definition) is 5. The topological polar surface area (TPSA) is 106 Å². The first-order valence-electron chi connectivity index (χ1n) is 9.34. The summed E-state index contributed by atoms with van der Waals surface area (Å²) in [4.78, 5) is 22.9. The van der Waals surface area contributed by atoms with Crippen LogP contribution >= 0.6 is 47.0 Å². The summed E-state index contributed by atoms with van der Waals surface area (Å²) in [5, 5.41) is 19.2. The van der Waals surface area contributed by atoms with E-state index in [1.54, 1.807) is 0 Å². The minimum atomic E-state index is -1.91. The van der Waals surface area contributed by atoms with Gasteiger partial charge in [0.2, 0.25) is 9.70 Å². The maximum atomic E-state index is 12.2. The summed E-state index contributed by atoms with van der Waals surface area (Å²) < 4.78 is 3.08. The predicted molar refractivity (Wildman–Crippen MR) is 125 cm³/mol. The molecule has 1 unspecified atom stereocenters. The van der Waals surface area contributed by atoms with E-state index in [4.69, 9.17) is 51.8 Å². The van der Waals surface area contributed by atoms with Gasteiger partial charge in [-0.2, -0.15) is 0 Å². The number of thiocarbonyl (C=S) groups is 1. The average molecular weight is 500 g/mol. The van der Waals surface area contributed by atoms with Crippen molar-refractivity contribution >= 4 is 69.4 Å². The Morgan fingerprint density at radius 2 is 1.90 bits per heavy atom. The first-order valence-corrected chi connectivity index (χ1v) is 10.9. The van der Waals surface area contributed by atoms with Crippen LogP contribution in [0.5, 0.6) is 5.75 Å². The van der Waals surface area contributed by atoms with Crippen LogP contribution in [0.3, 0.4) is 0 Å². The van der Waals surface area contributed by atoms with Crippen molar-refractivity contribution in [2.45, 2.75) is 55.4 Å². The zero-order valence-electron chi connectivity index (χ0n) is 16.7. The molecule has 0 heterocycles. The first-order chi connectivity index (χ1) is 14.1. The molecular formula is C18H25Cl3N4O4S. The van der Waals surface area contributed by atoms with E-state index < -0.39 is 14.9 Å². The summed E-state index contributed by atoms with van der Waals surface area (Å²) in [6.45, 7) is 2.11. The Balaban J connectivity index is 2.74. The van der Waals surface area contributed by atoms with Crippen LogP contribution in [0.1, 0.15) is 45.4 Å². The normalized spacial score (nSPS) is 12.0. The summed E-state index contributed by atoms with van der Waals surface area (Å²) in [7, 11) is 1.40. The van der Waals surface area contributed by atoms with Crippen molar-refractivity contribution < 1.29 is 14.5 Å². The smallest absolute Gasteiger partial charge is 0.296 e. The number of nitrogens with zero attached hydrogens (tertiary/aromatic N) is 1. The first kappa shape index (κ1) is 26.5. The Labute approximate surface area is 196 Å². The average Bonchev–Trinajstić information content (AvgIpc) is 2.66. The third-order valence-corrected chi connectivity index (χ3v) is 4.94. The summed E-state index contributed by atoms with van der Waals surface area (Å²) in [6, 6.07) is 4.21. The molecule has 0 aliphatic rings. The number of ether oxygens (including phenoxy) is 1. The van der Waals surface area contributed by atoms with Crippen molar-refractivity contribution in [1.29, 1.82) is 0 Å². The van der Waals surface area contributed by atoms with Gasteiger partial charge in [-0.3, -0.25) is 14.9 Å². The van der Waals surface area contributed by atoms with Crippen LogP contribution in [0.25, 0.3) is 0 Å². The van der Waals surface area contributed by atoms with Gasteiger partial charge in [-0.15, -0.1) is 0 Å². The number of nitro groups is 1. The van der Waals surface area contributed by atoms with E-state index in [-0.39, 0.29) is 28.8 Å². The number of nitrogens with one attached hydrogen (secondary N) is 3. The number of alkyl halides is 3.